The summed E-state index contributed by atoms with van der Waals surface area (Å²) in [5, 5.41) is 0.954. The van der Waals surface area contributed by atoms with E-state index in [0.29, 0.717) is 16.0 Å². The fourth-order valence-electron chi connectivity index (χ4n) is 2.63. The predicted octanol–water partition coefficient (Wildman–Crippen LogP) is 3.31. The molecule has 1 aliphatic heterocycles. The quantitative estimate of drug-likeness (QED) is 0.543. The van der Waals surface area contributed by atoms with Crippen LogP contribution in [0.2, 0.25) is 0 Å². The van der Waals surface area contributed by atoms with E-state index in [2.05, 4.69) is 0 Å². The molecular formula is C18H11NO4S. The molecule has 4 rings (SSSR count). The average Bonchev–Trinajstić information content (AvgIpc) is 3.14. The van der Waals surface area contributed by atoms with E-state index in [-0.39, 0.29) is 6.73 Å². The van der Waals surface area contributed by atoms with Gasteiger partial charge in [-0.15, -0.1) is 11.3 Å². The number of amides is 2. The predicted molar refractivity (Wildman–Crippen MR) is 89.0 cm³/mol. The van der Waals surface area contributed by atoms with Gasteiger partial charge in [0.1, 0.15) is 4.88 Å². The molecule has 2 aromatic carbocycles. The molecule has 0 radical (unpaired) electrons. The van der Waals surface area contributed by atoms with Crippen molar-refractivity contribution in [1.29, 1.82) is 0 Å². The number of hydrogen-bond acceptors (Lipinski definition) is 5. The largest absolute Gasteiger partial charge is 0.439 e. The second-order valence-corrected chi connectivity index (χ2v) is 6.38. The second-order valence-electron chi connectivity index (χ2n) is 5.29. The van der Waals surface area contributed by atoms with E-state index in [0.717, 1.165) is 15.0 Å². The fourth-order valence-corrected chi connectivity index (χ4v) is 3.59. The summed E-state index contributed by atoms with van der Waals surface area (Å²) in [6, 6.07) is 15.9. The second kappa shape index (κ2) is 5.58. The number of fused-ring (bicyclic) bond motifs is 2. The van der Waals surface area contributed by atoms with Crippen LogP contribution in [0.15, 0.2) is 54.6 Å². The molecule has 0 fully saturated rings. The van der Waals surface area contributed by atoms with Crippen molar-refractivity contribution in [2.24, 2.45) is 0 Å². The van der Waals surface area contributed by atoms with Crippen LogP contribution in [0.1, 0.15) is 30.4 Å². The van der Waals surface area contributed by atoms with Crippen LogP contribution in [-0.2, 0) is 4.74 Å². The van der Waals surface area contributed by atoms with Gasteiger partial charge in [-0.05, 0) is 29.7 Å². The van der Waals surface area contributed by atoms with Crippen molar-refractivity contribution < 1.29 is 19.1 Å². The molecule has 0 unspecified atom stereocenters. The van der Waals surface area contributed by atoms with Gasteiger partial charge in [0, 0.05) is 4.70 Å². The molecule has 2 heterocycles. The maximum absolute atomic E-state index is 12.2. The number of esters is 1. The molecule has 0 N–H and O–H groups in total. The molecule has 2 amide bonds. The minimum absolute atomic E-state index is 0.334. The van der Waals surface area contributed by atoms with Gasteiger partial charge in [0.15, 0.2) is 6.73 Å². The van der Waals surface area contributed by atoms with E-state index in [1.807, 2.05) is 24.3 Å². The smallest absolute Gasteiger partial charge is 0.350 e. The molecule has 3 aromatic rings. The zero-order valence-corrected chi connectivity index (χ0v) is 13.2. The first-order chi connectivity index (χ1) is 11.6. The van der Waals surface area contributed by atoms with Gasteiger partial charge >= 0.3 is 5.97 Å². The van der Waals surface area contributed by atoms with Crippen molar-refractivity contribution >= 4 is 39.2 Å². The molecule has 1 aliphatic rings. The Balaban J connectivity index is 1.50. The third kappa shape index (κ3) is 2.28. The lowest BCUT2D eigenvalue weighted by Crippen LogP contribution is -2.33. The zero-order valence-electron chi connectivity index (χ0n) is 12.4. The van der Waals surface area contributed by atoms with Crippen LogP contribution in [-0.4, -0.2) is 29.4 Å². The molecule has 0 saturated heterocycles. The van der Waals surface area contributed by atoms with Gasteiger partial charge < -0.3 is 4.74 Å². The summed E-state index contributed by atoms with van der Waals surface area (Å²) in [6.07, 6.45) is 0. The van der Waals surface area contributed by atoms with Crippen molar-refractivity contribution in [2.75, 3.05) is 6.73 Å². The maximum Gasteiger partial charge on any atom is 0.350 e. The highest BCUT2D eigenvalue weighted by atomic mass is 32.1. The molecule has 5 nitrogen and oxygen atoms in total. The summed E-state index contributed by atoms with van der Waals surface area (Å²) >= 11 is 1.31. The highest BCUT2D eigenvalue weighted by Crippen LogP contribution is 2.26. The Kier molecular flexibility index (Phi) is 3.39. The minimum Gasteiger partial charge on any atom is -0.439 e. The molecule has 6 heteroatoms. The molecule has 0 atom stereocenters. The van der Waals surface area contributed by atoms with Gasteiger partial charge in [-0.25, -0.2) is 9.69 Å². The Hall–Kier alpha value is -2.99. The number of benzene rings is 2. The maximum atomic E-state index is 12.2. The van der Waals surface area contributed by atoms with E-state index < -0.39 is 17.8 Å². The molecule has 0 bridgehead atoms. The van der Waals surface area contributed by atoms with Crippen LogP contribution >= 0.6 is 11.3 Å². The molecule has 0 spiro atoms. The van der Waals surface area contributed by atoms with Crippen LogP contribution in [0, 0.1) is 0 Å². The third-order valence-corrected chi connectivity index (χ3v) is 4.93. The molecule has 118 valence electrons. The van der Waals surface area contributed by atoms with E-state index >= 15 is 0 Å². The fraction of sp³-hybridized carbons (Fsp3) is 0.0556. The Morgan fingerprint density at radius 2 is 1.58 bits per heavy atom. The number of nitrogens with zero attached hydrogens (tertiary/aromatic N) is 1. The monoisotopic (exact) mass is 337 g/mol. The minimum atomic E-state index is -0.548. The molecule has 0 aliphatic carbocycles. The number of ether oxygens (including phenoxy) is 1. The number of imide groups is 1. The van der Waals surface area contributed by atoms with Crippen molar-refractivity contribution in [3.05, 3.63) is 70.6 Å². The highest BCUT2D eigenvalue weighted by Gasteiger charge is 2.35. The van der Waals surface area contributed by atoms with Gasteiger partial charge in [0.2, 0.25) is 0 Å². The summed E-state index contributed by atoms with van der Waals surface area (Å²) in [5.41, 5.74) is 0.667. The van der Waals surface area contributed by atoms with Gasteiger partial charge in [-0.2, -0.15) is 0 Å². The van der Waals surface area contributed by atoms with Crippen LogP contribution in [0.5, 0.6) is 0 Å². The van der Waals surface area contributed by atoms with E-state index in [1.165, 1.54) is 11.3 Å². The Labute approximate surface area is 141 Å². The van der Waals surface area contributed by atoms with E-state index in [4.69, 9.17) is 4.74 Å². The van der Waals surface area contributed by atoms with Gasteiger partial charge in [-0.3, -0.25) is 9.59 Å². The molecule has 0 saturated carbocycles. The molecular weight excluding hydrogens is 326 g/mol. The SMILES string of the molecule is O=C(OCN1C(=O)c2ccccc2C1=O)c1cc2ccccc2s1. The van der Waals surface area contributed by atoms with E-state index in [9.17, 15) is 14.4 Å². The average molecular weight is 337 g/mol. The van der Waals surface area contributed by atoms with Crippen molar-refractivity contribution in [1.82, 2.24) is 4.90 Å². The first-order valence-electron chi connectivity index (χ1n) is 7.26. The summed E-state index contributed by atoms with van der Waals surface area (Å²) in [7, 11) is 0. The van der Waals surface area contributed by atoms with E-state index in [1.54, 1.807) is 30.3 Å². The normalized spacial score (nSPS) is 13.4. The topological polar surface area (TPSA) is 63.7 Å². The van der Waals surface area contributed by atoms with Gasteiger partial charge in [0.05, 0.1) is 11.1 Å². The lowest BCUT2D eigenvalue weighted by molar-refractivity contribution is 0.0232. The number of carbonyl (C=O) groups is 3. The number of hydrogen-bond donors (Lipinski definition) is 0. The summed E-state index contributed by atoms with van der Waals surface area (Å²) in [4.78, 5) is 38.0. The standard InChI is InChI=1S/C18H11NO4S/c20-16-12-6-2-3-7-13(12)17(21)19(16)10-23-18(22)15-9-11-5-1-4-8-14(11)24-15/h1-9H,10H2. The van der Waals surface area contributed by atoms with Crippen LogP contribution in [0.4, 0.5) is 0 Å². The summed E-state index contributed by atoms with van der Waals surface area (Å²) in [5.74, 6) is -1.44. The highest BCUT2D eigenvalue weighted by molar-refractivity contribution is 7.20. The summed E-state index contributed by atoms with van der Waals surface area (Å²) in [6.45, 7) is -0.389. The van der Waals surface area contributed by atoms with Crippen molar-refractivity contribution in [3.8, 4) is 0 Å². The number of carbonyl (C=O) groups excluding carboxylic acids is 3. The Morgan fingerprint density at radius 3 is 2.25 bits per heavy atom. The first-order valence-corrected chi connectivity index (χ1v) is 8.08. The molecule has 24 heavy (non-hydrogen) atoms. The summed E-state index contributed by atoms with van der Waals surface area (Å²) < 4.78 is 6.15. The molecule has 1 aromatic heterocycles. The third-order valence-electron chi connectivity index (χ3n) is 3.83. The van der Waals surface area contributed by atoms with Gasteiger partial charge in [-0.1, -0.05) is 30.3 Å². The number of rotatable bonds is 3. The lowest BCUT2D eigenvalue weighted by Gasteiger charge is -2.13. The lowest BCUT2D eigenvalue weighted by atomic mass is 10.1. The van der Waals surface area contributed by atoms with Crippen LogP contribution < -0.4 is 0 Å². The van der Waals surface area contributed by atoms with Crippen LogP contribution in [0.3, 0.4) is 0 Å². The number of thiophene rings is 1. The van der Waals surface area contributed by atoms with Gasteiger partial charge in [0.25, 0.3) is 11.8 Å². The van der Waals surface area contributed by atoms with Crippen molar-refractivity contribution in [2.45, 2.75) is 0 Å². The van der Waals surface area contributed by atoms with Crippen LogP contribution in [0.25, 0.3) is 10.1 Å². The first kappa shape index (κ1) is 14.6. The van der Waals surface area contributed by atoms with Crippen molar-refractivity contribution in [3.63, 3.8) is 0 Å². The zero-order chi connectivity index (χ0) is 16.7. The Morgan fingerprint density at radius 1 is 0.958 bits per heavy atom. The Bertz CT molecular complexity index is 923.